The van der Waals surface area contributed by atoms with Crippen LogP contribution in [0.3, 0.4) is 0 Å². The first-order valence-electron chi connectivity index (χ1n) is 10.3. The molecule has 1 saturated heterocycles. The minimum Gasteiger partial charge on any atom is -0.496 e. The molecule has 1 atom stereocenters. The lowest BCUT2D eigenvalue weighted by atomic mass is 9.77. The fourth-order valence-corrected chi connectivity index (χ4v) is 5.03. The number of anilines is 1. The van der Waals surface area contributed by atoms with Crippen LogP contribution in [0.1, 0.15) is 52.0 Å². The van der Waals surface area contributed by atoms with Gasteiger partial charge in [-0.1, -0.05) is 0 Å². The molecule has 6 heteroatoms. The van der Waals surface area contributed by atoms with Crippen LogP contribution in [-0.4, -0.2) is 55.1 Å². The van der Waals surface area contributed by atoms with Gasteiger partial charge in [0.15, 0.2) is 0 Å². The SMILES string of the molecule is COc1c(C)cc(C(=O)N2CCCC3(CCc4cnc(N(C)C)nc43)C2)cc1C. The Bertz CT molecular complexity index is 929. The number of fused-ring (bicyclic) bond motifs is 2. The van der Waals surface area contributed by atoms with Gasteiger partial charge in [0, 0.05) is 44.4 Å². The Morgan fingerprint density at radius 3 is 2.59 bits per heavy atom. The van der Waals surface area contributed by atoms with Crippen LogP contribution in [0.5, 0.6) is 5.75 Å². The quantitative estimate of drug-likeness (QED) is 0.800. The number of carbonyl (C=O) groups is 1. The summed E-state index contributed by atoms with van der Waals surface area (Å²) in [5.41, 5.74) is 5.08. The van der Waals surface area contributed by atoms with Crippen LogP contribution in [0.15, 0.2) is 18.3 Å². The first-order valence-corrected chi connectivity index (χ1v) is 10.3. The van der Waals surface area contributed by atoms with E-state index in [0.717, 1.165) is 72.9 Å². The van der Waals surface area contributed by atoms with E-state index in [2.05, 4.69) is 4.98 Å². The number of methoxy groups -OCH3 is 1. The molecule has 4 rings (SSSR count). The molecule has 0 saturated carbocycles. The van der Waals surface area contributed by atoms with Crippen molar-refractivity contribution in [3.63, 3.8) is 0 Å². The molecule has 0 radical (unpaired) electrons. The number of hydrogen-bond acceptors (Lipinski definition) is 5. The number of rotatable bonds is 3. The predicted octanol–water partition coefficient (Wildman–Crippen LogP) is 3.29. The molecule has 1 aromatic carbocycles. The molecular formula is C23H30N4O2. The zero-order valence-electron chi connectivity index (χ0n) is 18.1. The second-order valence-electron chi connectivity index (χ2n) is 8.69. The molecule has 1 aromatic heterocycles. The lowest BCUT2D eigenvalue weighted by Crippen LogP contribution is -2.48. The topological polar surface area (TPSA) is 58.6 Å². The van der Waals surface area contributed by atoms with Crippen molar-refractivity contribution in [3.8, 4) is 5.75 Å². The number of nitrogens with zero attached hydrogens (tertiary/aromatic N) is 4. The summed E-state index contributed by atoms with van der Waals surface area (Å²) in [7, 11) is 5.61. The van der Waals surface area contributed by atoms with Crippen LogP contribution < -0.4 is 9.64 Å². The van der Waals surface area contributed by atoms with Crippen molar-refractivity contribution in [2.45, 2.75) is 44.9 Å². The average molecular weight is 395 g/mol. The molecule has 2 aromatic rings. The van der Waals surface area contributed by atoms with Gasteiger partial charge >= 0.3 is 0 Å². The lowest BCUT2D eigenvalue weighted by Gasteiger charge is -2.40. The maximum absolute atomic E-state index is 13.4. The summed E-state index contributed by atoms with van der Waals surface area (Å²) in [6, 6.07) is 3.90. The molecule has 1 amide bonds. The van der Waals surface area contributed by atoms with Gasteiger partial charge in [0.2, 0.25) is 5.95 Å². The van der Waals surface area contributed by atoms with Crippen LogP contribution in [-0.2, 0) is 11.8 Å². The Hall–Kier alpha value is -2.63. The van der Waals surface area contributed by atoms with Crippen molar-refractivity contribution in [1.82, 2.24) is 14.9 Å². The van der Waals surface area contributed by atoms with Gasteiger partial charge < -0.3 is 14.5 Å². The first kappa shape index (κ1) is 19.7. The molecule has 29 heavy (non-hydrogen) atoms. The number of ether oxygens (including phenoxy) is 1. The fraction of sp³-hybridized carbons (Fsp3) is 0.522. The van der Waals surface area contributed by atoms with Crippen molar-refractivity contribution in [1.29, 1.82) is 0 Å². The third-order valence-corrected chi connectivity index (χ3v) is 6.40. The van der Waals surface area contributed by atoms with Crippen LogP contribution in [0, 0.1) is 13.8 Å². The highest BCUT2D eigenvalue weighted by Gasteiger charge is 2.45. The number of carbonyl (C=O) groups excluding carboxylic acids is 1. The van der Waals surface area contributed by atoms with Crippen molar-refractivity contribution >= 4 is 11.9 Å². The van der Waals surface area contributed by atoms with E-state index in [4.69, 9.17) is 9.72 Å². The van der Waals surface area contributed by atoms with Crippen molar-refractivity contribution < 1.29 is 9.53 Å². The van der Waals surface area contributed by atoms with Crippen LogP contribution in [0.25, 0.3) is 0 Å². The maximum atomic E-state index is 13.4. The summed E-state index contributed by atoms with van der Waals surface area (Å²) in [4.78, 5) is 26.7. The van der Waals surface area contributed by atoms with Gasteiger partial charge in [-0.3, -0.25) is 4.79 Å². The van der Waals surface area contributed by atoms with Crippen molar-refractivity contribution in [3.05, 3.63) is 46.3 Å². The third-order valence-electron chi connectivity index (χ3n) is 6.40. The number of benzene rings is 1. The summed E-state index contributed by atoms with van der Waals surface area (Å²) in [6.07, 6.45) is 6.09. The molecule has 1 spiro atoms. The molecular weight excluding hydrogens is 364 g/mol. The number of aryl methyl sites for hydroxylation is 3. The highest BCUT2D eigenvalue weighted by molar-refractivity contribution is 5.95. The molecule has 6 nitrogen and oxygen atoms in total. The van der Waals surface area contributed by atoms with Gasteiger partial charge in [-0.2, -0.15) is 0 Å². The van der Waals surface area contributed by atoms with Gasteiger partial charge in [0.25, 0.3) is 5.91 Å². The molecule has 2 aliphatic rings. The summed E-state index contributed by atoms with van der Waals surface area (Å²) in [6.45, 7) is 5.51. The highest BCUT2D eigenvalue weighted by atomic mass is 16.5. The number of piperidine rings is 1. The minimum absolute atomic E-state index is 0.0481. The van der Waals surface area contributed by atoms with E-state index in [1.165, 1.54) is 5.56 Å². The summed E-state index contributed by atoms with van der Waals surface area (Å²) in [5, 5.41) is 0. The van der Waals surface area contributed by atoms with Gasteiger partial charge in [0.1, 0.15) is 5.75 Å². The van der Waals surface area contributed by atoms with E-state index >= 15 is 0 Å². The van der Waals surface area contributed by atoms with Crippen molar-refractivity contribution in [2.75, 3.05) is 39.2 Å². The predicted molar refractivity (Wildman–Crippen MR) is 114 cm³/mol. The lowest BCUT2D eigenvalue weighted by molar-refractivity contribution is 0.0633. The van der Waals surface area contributed by atoms with Crippen LogP contribution in [0.2, 0.25) is 0 Å². The standard InChI is InChI=1S/C23H30N4O2/c1-15-11-18(12-16(2)19(15)29-5)21(28)27-10-6-8-23(14-27)9-7-17-13-24-22(26(3)4)25-20(17)23/h11-13H,6-10,14H2,1-5H3. The molecule has 0 N–H and O–H groups in total. The Morgan fingerprint density at radius 2 is 1.93 bits per heavy atom. The van der Waals surface area contributed by atoms with Crippen LogP contribution >= 0.6 is 0 Å². The molecule has 1 aliphatic heterocycles. The van der Waals surface area contributed by atoms with Gasteiger partial charge in [0.05, 0.1) is 12.8 Å². The fourth-order valence-electron chi connectivity index (χ4n) is 5.03. The smallest absolute Gasteiger partial charge is 0.253 e. The molecule has 2 heterocycles. The summed E-state index contributed by atoms with van der Waals surface area (Å²) >= 11 is 0. The molecule has 154 valence electrons. The number of hydrogen-bond donors (Lipinski definition) is 0. The number of aromatic nitrogens is 2. The molecule has 1 fully saturated rings. The normalized spacial score (nSPS) is 20.7. The van der Waals surface area contributed by atoms with Gasteiger partial charge in [-0.25, -0.2) is 9.97 Å². The second kappa shape index (κ2) is 7.32. The van der Waals surface area contributed by atoms with E-state index in [1.807, 2.05) is 56.1 Å². The zero-order chi connectivity index (χ0) is 20.8. The average Bonchev–Trinajstić information content (AvgIpc) is 3.04. The largest absolute Gasteiger partial charge is 0.496 e. The van der Waals surface area contributed by atoms with E-state index < -0.39 is 0 Å². The Kier molecular flexibility index (Phi) is 4.97. The van der Waals surface area contributed by atoms with E-state index in [-0.39, 0.29) is 11.3 Å². The molecule has 1 unspecified atom stereocenters. The Labute approximate surface area is 172 Å². The second-order valence-corrected chi connectivity index (χ2v) is 8.69. The van der Waals surface area contributed by atoms with E-state index in [1.54, 1.807) is 7.11 Å². The first-order chi connectivity index (χ1) is 13.8. The highest BCUT2D eigenvalue weighted by Crippen LogP contribution is 2.44. The third kappa shape index (κ3) is 3.34. The van der Waals surface area contributed by atoms with E-state index in [0.29, 0.717) is 0 Å². The summed E-state index contributed by atoms with van der Waals surface area (Å²) in [5.74, 6) is 1.71. The molecule has 0 bridgehead atoms. The van der Waals surface area contributed by atoms with Crippen molar-refractivity contribution in [2.24, 2.45) is 0 Å². The summed E-state index contributed by atoms with van der Waals surface area (Å²) < 4.78 is 5.46. The molecule has 1 aliphatic carbocycles. The van der Waals surface area contributed by atoms with E-state index in [9.17, 15) is 4.79 Å². The van der Waals surface area contributed by atoms with Gasteiger partial charge in [-0.15, -0.1) is 0 Å². The minimum atomic E-state index is -0.0481. The monoisotopic (exact) mass is 394 g/mol. The number of amides is 1. The Morgan fingerprint density at radius 1 is 1.21 bits per heavy atom. The maximum Gasteiger partial charge on any atom is 0.253 e. The van der Waals surface area contributed by atoms with Crippen LogP contribution in [0.4, 0.5) is 5.95 Å². The van der Waals surface area contributed by atoms with Gasteiger partial charge in [-0.05, 0) is 68.4 Å². The zero-order valence-corrected chi connectivity index (χ0v) is 18.1. The number of likely N-dealkylation sites (tertiary alicyclic amines) is 1. The Balaban J connectivity index is 1.64.